The zero-order valence-corrected chi connectivity index (χ0v) is 16.4. The third-order valence-electron chi connectivity index (χ3n) is 5.42. The number of likely N-dealkylation sites (tertiary alicyclic amines) is 1. The van der Waals surface area contributed by atoms with Crippen LogP contribution in [0, 0.1) is 0 Å². The van der Waals surface area contributed by atoms with Gasteiger partial charge in [0.05, 0.1) is 11.7 Å². The van der Waals surface area contributed by atoms with Gasteiger partial charge >= 0.3 is 0 Å². The number of nitrogens with zero attached hydrogens (tertiary/aromatic N) is 5. The number of hydrogen-bond donors (Lipinski definition) is 1. The van der Waals surface area contributed by atoms with Crippen LogP contribution in [-0.4, -0.2) is 50.1 Å². The highest BCUT2D eigenvalue weighted by Gasteiger charge is 2.28. The third kappa shape index (κ3) is 5.06. The molecular weight excluding hydrogens is 364 g/mol. The van der Waals surface area contributed by atoms with E-state index in [0.29, 0.717) is 0 Å². The summed E-state index contributed by atoms with van der Waals surface area (Å²) in [6.07, 6.45) is 6.84. The summed E-state index contributed by atoms with van der Waals surface area (Å²) in [6.45, 7) is 1.94. The van der Waals surface area contributed by atoms with Gasteiger partial charge < -0.3 is 5.32 Å². The lowest BCUT2D eigenvalue weighted by Crippen LogP contribution is -2.47. The van der Waals surface area contributed by atoms with Gasteiger partial charge in [-0.3, -0.25) is 9.69 Å². The summed E-state index contributed by atoms with van der Waals surface area (Å²) in [5.41, 5.74) is 3.00. The van der Waals surface area contributed by atoms with Crippen LogP contribution >= 0.6 is 0 Å². The van der Waals surface area contributed by atoms with Crippen molar-refractivity contribution >= 4 is 11.6 Å². The summed E-state index contributed by atoms with van der Waals surface area (Å²) in [5, 5.41) is 14.2. The van der Waals surface area contributed by atoms with Crippen molar-refractivity contribution in [2.75, 3.05) is 18.4 Å². The number of aromatic nitrogens is 4. The van der Waals surface area contributed by atoms with Crippen LogP contribution in [0.3, 0.4) is 0 Å². The Balaban J connectivity index is 1.33. The maximum atomic E-state index is 12.9. The van der Waals surface area contributed by atoms with E-state index in [0.717, 1.165) is 56.6 Å². The standard InChI is InChI=1S/C22H26N6O/c29-22(24-19-11-13-20(14-12-19)28-17-23-25-26-28)21-10-4-5-15-27(21)16-6-9-18-7-2-1-3-8-18/h1-3,7-8,11-14,17,21H,4-6,9-10,15-16H2,(H,24,29)/t21-/m1/s1. The van der Waals surface area contributed by atoms with Gasteiger partial charge in [0, 0.05) is 5.69 Å². The summed E-state index contributed by atoms with van der Waals surface area (Å²) < 4.78 is 1.58. The van der Waals surface area contributed by atoms with Crippen molar-refractivity contribution in [2.24, 2.45) is 0 Å². The summed E-state index contributed by atoms with van der Waals surface area (Å²) >= 11 is 0. The van der Waals surface area contributed by atoms with E-state index >= 15 is 0 Å². The molecule has 1 fully saturated rings. The molecule has 0 saturated carbocycles. The van der Waals surface area contributed by atoms with E-state index in [1.165, 1.54) is 5.56 Å². The fourth-order valence-corrected chi connectivity index (χ4v) is 3.89. The van der Waals surface area contributed by atoms with E-state index < -0.39 is 0 Å². The number of benzene rings is 2. The molecule has 1 N–H and O–H groups in total. The predicted molar refractivity (Wildman–Crippen MR) is 112 cm³/mol. The second-order valence-corrected chi connectivity index (χ2v) is 7.43. The van der Waals surface area contributed by atoms with Crippen molar-refractivity contribution in [3.8, 4) is 5.69 Å². The monoisotopic (exact) mass is 390 g/mol. The van der Waals surface area contributed by atoms with E-state index in [2.05, 4.69) is 50.0 Å². The number of amides is 1. The van der Waals surface area contributed by atoms with Gasteiger partial charge in [0.25, 0.3) is 0 Å². The minimum atomic E-state index is -0.0567. The molecule has 1 aliphatic heterocycles. The summed E-state index contributed by atoms with van der Waals surface area (Å²) in [7, 11) is 0. The Morgan fingerprint density at radius 3 is 2.66 bits per heavy atom. The van der Waals surface area contributed by atoms with Crippen molar-refractivity contribution in [1.29, 1.82) is 0 Å². The van der Waals surface area contributed by atoms with Crippen LogP contribution in [0.15, 0.2) is 60.9 Å². The second kappa shape index (κ2) is 9.43. The highest BCUT2D eigenvalue weighted by Crippen LogP contribution is 2.20. The zero-order valence-electron chi connectivity index (χ0n) is 16.4. The fourth-order valence-electron chi connectivity index (χ4n) is 3.89. The van der Waals surface area contributed by atoms with Gasteiger partial charge in [-0.15, -0.1) is 5.10 Å². The minimum absolute atomic E-state index is 0.0567. The van der Waals surface area contributed by atoms with E-state index in [4.69, 9.17) is 0 Å². The molecule has 2 heterocycles. The number of tetrazole rings is 1. The van der Waals surface area contributed by atoms with Crippen molar-refractivity contribution in [3.05, 3.63) is 66.5 Å². The molecule has 1 amide bonds. The second-order valence-electron chi connectivity index (χ2n) is 7.43. The smallest absolute Gasteiger partial charge is 0.241 e. The Morgan fingerprint density at radius 2 is 1.90 bits per heavy atom. The van der Waals surface area contributed by atoms with Crippen molar-refractivity contribution < 1.29 is 4.79 Å². The molecule has 3 aromatic rings. The molecule has 7 heteroatoms. The third-order valence-corrected chi connectivity index (χ3v) is 5.42. The maximum Gasteiger partial charge on any atom is 0.241 e. The minimum Gasteiger partial charge on any atom is -0.325 e. The molecule has 0 unspecified atom stereocenters. The number of aryl methyl sites for hydroxylation is 1. The molecular formula is C22H26N6O. The molecule has 0 bridgehead atoms. The van der Waals surface area contributed by atoms with Gasteiger partial charge in [0.15, 0.2) is 0 Å². The molecule has 29 heavy (non-hydrogen) atoms. The van der Waals surface area contributed by atoms with Crippen LogP contribution in [0.2, 0.25) is 0 Å². The molecule has 4 rings (SSSR count). The van der Waals surface area contributed by atoms with Crippen LogP contribution in [0.25, 0.3) is 5.69 Å². The summed E-state index contributed by atoms with van der Waals surface area (Å²) in [4.78, 5) is 15.3. The molecule has 2 aromatic carbocycles. The molecule has 1 atom stereocenters. The van der Waals surface area contributed by atoms with E-state index in [9.17, 15) is 4.79 Å². The predicted octanol–water partition coefficient (Wildman–Crippen LogP) is 3.09. The molecule has 0 spiro atoms. The van der Waals surface area contributed by atoms with Crippen LogP contribution in [0.4, 0.5) is 5.69 Å². The van der Waals surface area contributed by atoms with E-state index in [1.807, 2.05) is 30.3 Å². The van der Waals surface area contributed by atoms with Gasteiger partial charge in [0.2, 0.25) is 5.91 Å². The van der Waals surface area contributed by atoms with Gasteiger partial charge in [-0.25, -0.2) is 4.68 Å². The number of carbonyl (C=O) groups excluding carboxylic acids is 1. The van der Waals surface area contributed by atoms with Crippen molar-refractivity contribution in [3.63, 3.8) is 0 Å². The first-order valence-electron chi connectivity index (χ1n) is 10.2. The quantitative estimate of drug-likeness (QED) is 0.671. The first kappa shape index (κ1) is 19.3. The average molecular weight is 390 g/mol. The van der Waals surface area contributed by atoms with Crippen molar-refractivity contribution in [1.82, 2.24) is 25.1 Å². The van der Waals surface area contributed by atoms with Crippen LogP contribution in [0.5, 0.6) is 0 Å². The topological polar surface area (TPSA) is 75.9 Å². The molecule has 150 valence electrons. The highest BCUT2D eigenvalue weighted by molar-refractivity contribution is 5.94. The van der Waals surface area contributed by atoms with Gasteiger partial charge in [-0.05, 0) is 79.0 Å². The Hall–Kier alpha value is -3.06. The number of hydrogen-bond acceptors (Lipinski definition) is 5. The van der Waals surface area contributed by atoms with Crippen LogP contribution < -0.4 is 5.32 Å². The average Bonchev–Trinajstić information content (AvgIpc) is 3.30. The fraction of sp³-hybridized carbons (Fsp3) is 0.364. The molecule has 7 nitrogen and oxygen atoms in total. The zero-order chi connectivity index (χ0) is 19.9. The number of nitrogens with one attached hydrogen (secondary N) is 1. The molecule has 0 radical (unpaired) electrons. The lowest BCUT2D eigenvalue weighted by molar-refractivity contribution is -0.122. The number of anilines is 1. The highest BCUT2D eigenvalue weighted by atomic mass is 16.2. The first-order chi connectivity index (χ1) is 14.3. The first-order valence-corrected chi connectivity index (χ1v) is 10.2. The Labute approximate surface area is 170 Å². The molecule has 0 aliphatic carbocycles. The number of piperidine rings is 1. The summed E-state index contributed by atoms with van der Waals surface area (Å²) in [6, 6.07) is 18.0. The van der Waals surface area contributed by atoms with Crippen LogP contribution in [0.1, 0.15) is 31.2 Å². The van der Waals surface area contributed by atoms with Crippen LogP contribution in [-0.2, 0) is 11.2 Å². The van der Waals surface area contributed by atoms with E-state index in [1.54, 1.807) is 11.0 Å². The van der Waals surface area contributed by atoms with Gasteiger partial charge in [-0.1, -0.05) is 36.8 Å². The maximum absolute atomic E-state index is 12.9. The lowest BCUT2D eigenvalue weighted by atomic mass is 10.00. The Bertz CT molecular complexity index is 895. The SMILES string of the molecule is O=C(Nc1ccc(-n2cnnn2)cc1)[C@H]1CCCCN1CCCc1ccccc1. The normalized spacial score (nSPS) is 17.2. The number of carbonyl (C=O) groups is 1. The molecule has 1 saturated heterocycles. The van der Waals surface area contributed by atoms with Crippen molar-refractivity contribution in [2.45, 2.75) is 38.1 Å². The largest absolute Gasteiger partial charge is 0.325 e. The Kier molecular flexibility index (Phi) is 6.26. The van der Waals surface area contributed by atoms with E-state index in [-0.39, 0.29) is 11.9 Å². The number of rotatable bonds is 7. The molecule has 1 aliphatic rings. The lowest BCUT2D eigenvalue weighted by Gasteiger charge is -2.34. The molecule has 1 aromatic heterocycles. The van der Waals surface area contributed by atoms with Gasteiger partial charge in [-0.2, -0.15) is 0 Å². The van der Waals surface area contributed by atoms with Gasteiger partial charge in [0.1, 0.15) is 6.33 Å². The summed E-state index contributed by atoms with van der Waals surface area (Å²) in [5.74, 6) is 0.0829. The Morgan fingerprint density at radius 1 is 1.07 bits per heavy atom.